The van der Waals surface area contributed by atoms with Gasteiger partial charge in [0.25, 0.3) is 0 Å². The van der Waals surface area contributed by atoms with Crippen LogP contribution in [-0.4, -0.2) is 39.4 Å². The highest BCUT2D eigenvalue weighted by molar-refractivity contribution is 5.53. The van der Waals surface area contributed by atoms with Gasteiger partial charge in [-0.2, -0.15) is 0 Å². The highest BCUT2D eigenvalue weighted by atomic mass is 16.5. The minimum absolute atomic E-state index is 0.379. The van der Waals surface area contributed by atoms with Gasteiger partial charge in [0.1, 0.15) is 0 Å². The lowest BCUT2D eigenvalue weighted by atomic mass is 10.1. The topological polar surface area (TPSA) is 24.5 Å². The summed E-state index contributed by atoms with van der Waals surface area (Å²) in [5.74, 6) is 0. The van der Waals surface area contributed by atoms with E-state index >= 15 is 0 Å². The number of hydrogen-bond acceptors (Lipinski definition) is 3. The minimum atomic E-state index is 0.379. The lowest BCUT2D eigenvalue weighted by molar-refractivity contribution is 0.168. The van der Waals surface area contributed by atoms with Crippen LogP contribution < -0.4 is 10.2 Å². The average Bonchev–Trinajstić information content (AvgIpc) is 2.43. The second-order valence-corrected chi connectivity index (χ2v) is 4.93. The van der Waals surface area contributed by atoms with E-state index < -0.39 is 0 Å². The third kappa shape index (κ3) is 5.21. The summed E-state index contributed by atoms with van der Waals surface area (Å²) in [4.78, 5) is 2.42. The Bertz CT molecular complexity index is 354. The maximum atomic E-state index is 5.32. The number of nitrogens with one attached hydrogen (secondary N) is 1. The zero-order valence-electron chi connectivity index (χ0n) is 12.8. The molecule has 1 aromatic carbocycles. The van der Waals surface area contributed by atoms with Crippen LogP contribution >= 0.6 is 0 Å². The quantitative estimate of drug-likeness (QED) is 0.742. The number of benzene rings is 1. The third-order valence-corrected chi connectivity index (χ3v) is 3.33. The molecule has 0 heterocycles. The Kier molecular flexibility index (Phi) is 7.53. The molecule has 0 aliphatic rings. The Labute approximate surface area is 118 Å². The van der Waals surface area contributed by atoms with E-state index in [0.717, 1.165) is 32.7 Å². The van der Waals surface area contributed by atoms with Crippen molar-refractivity contribution in [3.05, 3.63) is 29.8 Å². The lowest BCUT2D eigenvalue weighted by Gasteiger charge is -2.30. The van der Waals surface area contributed by atoms with E-state index in [2.05, 4.69) is 55.3 Å². The highest BCUT2D eigenvalue weighted by Crippen LogP contribution is 2.19. The summed E-state index contributed by atoms with van der Waals surface area (Å²) in [6.45, 7) is 10.4. The standard InChI is InChI=1S/C16H28N2O/c1-5-11-17-15(13-19-4)12-18(6-2)16-10-8-7-9-14(16)3/h7-10,15,17H,5-6,11-13H2,1-4H3. The summed E-state index contributed by atoms with van der Waals surface area (Å²) in [6.07, 6.45) is 1.15. The number of methoxy groups -OCH3 is 1. The van der Waals surface area contributed by atoms with E-state index in [4.69, 9.17) is 4.74 Å². The summed E-state index contributed by atoms with van der Waals surface area (Å²) in [5, 5.41) is 3.56. The first-order valence-electron chi connectivity index (χ1n) is 7.25. The molecule has 108 valence electrons. The molecule has 0 spiro atoms. The van der Waals surface area contributed by atoms with Crippen molar-refractivity contribution in [3.8, 4) is 0 Å². The molecule has 0 saturated heterocycles. The molecule has 3 heteroatoms. The fourth-order valence-electron chi connectivity index (χ4n) is 2.31. The van der Waals surface area contributed by atoms with Gasteiger partial charge in [-0.05, 0) is 38.4 Å². The molecule has 0 saturated carbocycles. The maximum absolute atomic E-state index is 5.32. The van der Waals surface area contributed by atoms with Crippen molar-refractivity contribution in [2.75, 3.05) is 38.3 Å². The second kappa shape index (κ2) is 8.94. The van der Waals surface area contributed by atoms with Crippen LogP contribution in [0.3, 0.4) is 0 Å². The van der Waals surface area contributed by atoms with E-state index in [1.807, 2.05) is 0 Å². The molecular formula is C16H28N2O. The second-order valence-electron chi connectivity index (χ2n) is 4.93. The molecule has 1 N–H and O–H groups in total. The maximum Gasteiger partial charge on any atom is 0.0633 e. The van der Waals surface area contributed by atoms with E-state index in [1.54, 1.807) is 7.11 Å². The Morgan fingerprint density at radius 3 is 2.58 bits per heavy atom. The van der Waals surface area contributed by atoms with Gasteiger partial charge >= 0.3 is 0 Å². The van der Waals surface area contributed by atoms with E-state index in [0.29, 0.717) is 6.04 Å². The smallest absolute Gasteiger partial charge is 0.0633 e. The fourth-order valence-corrected chi connectivity index (χ4v) is 2.31. The van der Waals surface area contributed by atoms with Crippen LogP contribution in [0, 0.1) is 6.92 Å². The number of anilines is 1. The van der Waals surface area contributed by atoms with E-state index in [1.165, 1.54) is 11.3 Å². The Morgan fingerprint density at radius 2 is 2.00 bits per heavy atom. The zero-order chi connectivity index (χ0) is 14.1. The normalized spacial score (nSPS) is 12.4. The van der Waals surface area contributed by atoms with Crippen molar-refractivity contribution in [1.82, 2.24) is 5.32 Å². The van der Waals surface area contributed by atoms with Crippen LogP contribution in [-0.2, 0) is 4.74 Å². The number of hydrogen-bond donors (Lipinski definition) is 1. The van der Waals surface area contributed by atoms with Crippen molar-refractivity contribution in [3.63, 3.8) is 0 Å². The molecule has 0 fully saturated rings. The third-order valence-electron chi connectivity index (χ3n) is 3.33. The predicted molar refractivity (Wildman–Crippen MR) is 83.0 cm³/mol. The van der Waals surface area contributed by atoms with Crippen LogP contribution in [0.1, 0.15) is 25.8 Å². The number of nitrogens with zero attached hydrogens (tertiary/aromatic N) is 1. The molecule has 0 radical (unpaired) electrons. The van der Waals surface area contributed by atoms with Gasteiger partial charge in [-0.15, -0.1) is 0 Å². The van der Waals surface area contributed by atoms with E-state index in [9.17, 15) is 0 Å². The molecule has 1 atom stereocenters. The molecule has 1 aromatic rings. The highest BCUT2D eigenvalue weighted by Gasteiger charge is 2.14. The molecule has 1 unspecified atom stereocenters. The van der Waals surface area contributed by atoms with Gasteiger partial charge in [0.2, 0.25) is 0 Å². The SMILES string of the molecule is CCCNC(COC)CN(CC)c1ccccc1C. The first-order chi connectivity index (χ1) is 9.22. The molecule has 19 heavy (non-hydrogen) atoms. The van der Waals surface area contributed by atoms with Gasteiger partial charge in [0.15, 0.2) is 0 Å². The Morgan fingerprint density at radius 1 is 1.26 bits per heavy atom. The van der Waals surface area contributed by atoms with Crippen LogP contribution in [0.2, 0.25) is 0 Å². The van der Waals surface area contributed by atoms with Gasteiger partial charge in [-0.25, -0.2) is 0 Å². The number of aryl methyl sites for hydroxylation is 1. The summed E-state index contributed by atoms with van der Waals surface area (Å²) in [7, 11) is 1.77. The number of para-hydroxylation sites is 1. The number of likely N-dealkylation sites (N-methyl/N-ethyl adjacent to an activating group) is 1. The van der Waals surface area contributed by atoms with Crippen molar-refractivity contribution in [1.29, 1.82) is 0 Å². The summed E-state index contributed by atoms with van der Waals surface area (Å²) >= 11 is 0. The fraction of sp³-hybridized carbons (Fsp3) is 0.625. The molecule has 0 bridgehead atoms. The van der Waals surface area contributed by atoms with Crippen LogP contribution in [0.4, 0.5) is 5.69 Å². The summed E-state index contributed by atoms with van der Waals surface area (Å²) in [5.41, 5.74) is 2.65. The van der Waals surface area contributed by atoms with Gasteiger partial charge in [0, 0.05) is 31.9 Å². The number of ether oxygens (including phenoxy) is 1. The number of rotatable bonds is 9. The minimum Gasteiger partial charge on any atom is -0.383 e. The monoisotopic (exact) mass is 264 g/mol. The summed E-state index contributed by atoms with van der Waals surface area (Å²) in [6, 6.07) is 8.94. The predicted octanol–water partition coefficient (Wildman–Crippen LogP) is 2.84. The molecule has 0 aromatic heterocycles. The van der Waals surface area contributed by atoms with Crippen molar-refractivity contribution >= 4 is 5.69 Å². The lowest BCUT2D eigenvalue weighted by Crippen LogP contribution is -2.44. The first kappa shape index (κ1) is 16.0. The van der Waals surface area contributed by atoms with Crippen LogP contribution in [0.15, 0.2) is 24.3 Å². The molecule has 1 rings (SSSR count). The van der Waals surface area contributed by atoms with Crippen LogP contribution in [0.5, 0.6) is 0 Å². The van der Waals surface area contributed by atoms with Gasteiger partial charge < -0.3 is 15.0 Å². The molecule has 0 amide bonds. The van der Waals surface area contributed by atoms with Gasteiger partial charge in [-0.1, -0.05) is 25.1 Å². The van der Waals surface area contributed by atoms with Gasteiger partial charge in [0.05, 0.1) is 6.61 Å². The molecular weight excluding hydrogens is 236 g/mol. The zero-order valence-corrected chi connectivity index (χ0v) is 12.8. The molecule has 0 aliphatic heterocycles. The van der Waals surface area contributed by atoms with Crippen molar-refractivity contribution in [2.24, 2.45) is 0 Å². The first-order valence-corrected chi connectivity index (χ1v) is 7.25. The largest absolute Gasteiger partial charge is 0.383 e. The Balaban J connectivity index is 2.70. The molecule has 0 aliphatic carbocycles. The van der Waals surface area contributed by atoms with E-state index in [-0.39, 0.29) is 0 Å². The van der Waals surface area contributed by atoms with Crippen LogP contribution in [0.25, 0.3) is 0 Å². The summed E-state index contributed by atoms with van der Waals surface area (Å²) < 4.78 is 5.32. The Hall–Kier alpha value is -1.06. The van der Waals surface area contributed by atoms with Crippen molar-refractivity contribution in [2.45, 2.75) is 33.2 Å². The van der Waals surface area contributed by atoms with Gasteiger partial charge in [-0.3, -0.25) is 0 Å². The van der Waals surface area contributed by atoms with Crippen molar-refractivity contribution < 1.29 is 4.74 Å². The molecule has 3 nitrogen and oxygen atoms in total. The average molecular weight is 264 g/mol.